The van der Waals surface area contributed by atoms with Crippen LogP contribution in [0.2, 0.25) is 0 Å². The number of rotatable bonds is 3. The fourth-order valence-corrected chi connectivity index (χ4v) is 6.02. The molecule has 2 aromatic carbocycles. The van der Waals surface area contributed by atoms with Crippen LogP contribution in [0.3, 0.4) is 0 Å². The van der Waals surface area contributed by atoms with E-state index in [1.165, 1.54) is 12.1 Å². The van der Waals surface area contributed by atoms with E-state index in [1.807, 2.05) is 0 Å². The molecule has 0 aliphatic heterocycles. The fourth-order valence-electron chi connectivity index (χ4n) is 3.02. The number of benzene rings is 2. The molecule has 0 fully saturated rings. The summed E-state index contributed by atoms with van der Waals surface area (Å²) in [5.74, 6) is -0.262. The normalized spacial score (nSPS) is 16.6. The van der Waals surface area contributed by atoms with Gasteiger partial charge in [-0.1, -0.05) is 18.2 Å². The van der Waals surface area contributed by atoms with E-state index in [4.69, 9.17) is 0 Å². The topological polar surface area (TPSA) is 91.7 Å². The Morgan fingerprint density at radius 1 is 1.00 bits per heavy atom. The van der Waals surface area contributed by atoms with Crippen molar-refractivity contribution in [2.45, 2.75) is 11.8 Å². The van der Waals surface area contributed by atoms with Gasteiger partial charge in [-0.25, -0.2) is 0 Å². The molecule has 1 aliphatic carbocycles. The van der Waals surface area contributed by atoms with Crippen LogP contribution in [0, 0.1) is 0 Å². The molecule has 1 aliphatic rings. The van der Waals surface area contributed by atoms with Gasteiger partial charge in [0.2, 0.25) is 5.78 Å². The number of aromatic hydroxyl groups is 1. The molecular weight excluding hydrogens is 672 g/mol. The Morgan fingerprint density at radius 2 is 1.57 bits per heavy atom. The minimum absolute atomic E-state index is 0.0184. The van der Waals surface area contributed by atoms with Crippen LogP contribution in [0.4, 0.5) is 0 Å². The third kappa shape index (κ3) is 4.44. The molecule has 0 saturated heterocycles. The van der Waals surface area contributed by atoms with E-state index in [0.29, 0.717) is 35.7 Å². The minimum Gasteiger partial charge on any atom is -0.506 e. The summed E-state index contributed by atoms with van der Waals surface area (Å²) >= 11 is 13.2. The third-order valence-electron chi connectivity index (χ3n) is 4.43. The van der Waals surface area contributed by atoms with Gasteiger partial charge in [0.05, 0.1) is 17.9 Å². The van der Waals surface area contributed by atoms with Gasteiger partial charge in [-0.05, 0) is 117 Å². The monoisotopic (exact) mass is 680 g/mol. The molecule has 0 saturated carbocycles. The molecule has 0 aromatic heterocycles. The van der Waals surface area contributed by atoms with Crippen LogP contribution in [-0.4, -0.2) is 23.9 Å². The van der Waals surface area contributed by atoms with Gasteiger partial charge in [0.25, 0.3) is 10.1 Å². The Hall–Kier alpha value is -1.04. The highest BCUT2D eigenvalue weighted by Crippen LogP contribution is 2.43. The highest BCUT2D eigenvalue weighted by atomic mass is 79.9. The van der Waals surface area contributed by atoms with Gasteiger partial charge in [0.1, 0.15) is 10.6 Å². The van der Waals surface area contributed by atoms with E-state index < -0.39 is 10.1 Å². The zero-order valence-electron chi connectivity index (χ0n) is 15.1. The highest BCUT2D eigenvalue weighted by molar-refractivity contribution is 9.13. The number of halogens is 4. The van der Waals surface area contributed by atoms with Gasteiger partial charge in [-0.2, -0.15) is 8.42 Å². The lowest BCUT2D eigenvalue weighted by Gasteiger charge is -2.21. The first kappa shape index (κ1) is 23.6. The highest BCUT2D eigenvalue weighted by Gasteiger charge is 2.27. The van der Waals surface area contributed by atoms with Crippen molar-refractivity contribution >= 4 is 85.2 Å². The van der Waals surface area contributed by atoms with Crippen molar-refractivity contribution in [3.63, 3.8) is 0 Å². The van der Waals surface area contributed by atoms with Gasteiger partial charge in [-0.3, -0.25) is 9.35 Å². The van der Waals surface area contributed by atoms with Crippen molar-refractivity contribution in [1.82, 2.24) is 0 Å². The number of hydrogen-bond donors (Lipinski definition) is 2. The zero-order chi connectivity index (χ0) is 22.4. The maximum atomic E-state index is 12.3. The average molecular weight is 684 g/mol. The first-order chi connectivity index (χ1) is 13.9. The Balaban J connectivity index is 2.53. The van der Waals surface area contributed by atoms with Gasteiger partial charge < -0.3 is 5.11 Å². The van der Waals surface area contributed by atoms with Gasteiger partial charge in [0, 0.05) is 5.56 Å². The number of phenols is 1. The summed E-state index contributed by atoms with van der Waals surface area (Å²) < 4.78 is 35.4. The van der Waals surface area contributed by atoms with Gasteiger partial charge in [0.15, 0.2) is 0 Å². The summed E-state index contributed by atoms with van der Waals surface area (Å²) in [7, 11) is -4.54. The summed E-state index contributed by atoms with van der Waals surface area (Å²) in [6.07, 6.45) is 1.60. The van der Waals surface area contributed by atoms with Crippen molar-refractivity contribution < 1.29 is 22.9 Å². The SMILES string of the molecule is CC1=C(Br)C(=O)C(Br)=C/C1=C(/c1cc(Br)c(O)c(Br)c1)c1ccccc1S(=O)(=O)O. The number of ketones is 1. The van der Waals surface area contributed by atoms with E-state index in [9.17, 15) is 22.9 Å². The van der Waals surface area contributed by atoms with Gasteiger partial charge in [-0.15, -0.1) is 0 Å². The van der Waals surface area contributed by atoms with Crippen LogP contribution in [0.1, 0.15) is 18.1 Å². The number of allylic oxidation sites excluding steroid dienone is 5. The van der Waals surface area contributed by atoms with Crippen molar-refractivity contribution in [3.8, 4) is 5.75 Å². The standard InChI is InChI=1S/C20H12Br4O5S/c1-9-12(8-15(23)20(26)18(9)24)17(10-6-13(21)19(25)14(22)7-10)11-4-2-3-5-16(11)30(27,28)29/h2-8,25H,1H3,(H,27,28,29)/b17-12+. The van der Waals surface area contributed by atoms with E-state index >= 15 is 0 Å². The minimum atomic E-state index is -4.54. The molecule has 0 amide bonds. The molecule has 0 radical (unpaired) electrons. The van der Waals surface area contributed by atoms with Crippen molar-refractivity contribution in [1.29, 1.82) is 0 Å². The predicted molar refractivity (Wildman–Crippen MR) is 129 cm³/mol. The molecule has 3 rings (SSSR count). The molecular formula is C20H12Br4O5S. The lowest BCUT2D eigenvalue weighted by atomic mass is 9.87. The molecule has 10 heteroatoms. The molecule has 2 aromatic rings. The number of hydrogen-bond acceptors (Lipinski definition) is 4. The second-order valence-electron chi connectivity index (χ2n) is 6.31. The van der Waals surface area contributed by atoms with E-state index in [-0.39, 0.29) is 26.5 Å². The molecule has 0 atom stereocenters. The maximum Gasteiger partial charge on any atom is 0.295 e. The van der Waals surface area contributed by atoms with Crippen molar-refractivity contribution in [2.75, 3.05) is 0 Å². The van der Waals surface area contributed by atoms with Crippen molar-refractivity contribution in [2.24, 2.45) is 0 Å². The van der Waals surface area contributed by atoms with Crippen LogP contribution >= 0.6 is 63.7 Å². The molecule has 0 heterocycles. The number of Topliss-reactive ketones (excluding diaryl/α,β-unsaturated/α-hetero) is 1. The zero-order valence-corrected chi connectivity index (χ0v) is 22.2. The first-order valence-electron chi connectivity index (χ1n) is 8.21. The van der Waals surface area contributed by atoms with Gasteiger partial charge >= 0.3 is 0 Å². The maximum absolute atomic E-state index is 12.3. The second-order valence-corrected chi connectivity index (χ2v) is 11.1. The van der Waals surface area contributed by atoms with Crippen LogP contribution in [0.5, 0.6) is 5.75 Å². The first-order valence-corrected chi connectivity index (χ1v) is 12.8. The van der Waals surface area contributed by atoms with Crippen LogP contribution in [0.25, 0.3) is 5.57 Å². The lowest BCUT2D eigenvalue weighted by molar-refractivity contribution is -0.111. The number of carbonyl (C=O) groups excluding carboxylic acids is 1. The largest absolute Gasteiger partial charge is 0.506 e. The summed E-state index contributed by atoms with van der Waals surface area (Å²) in [6.45, 7) is 1.73. The molecule has 5 nitrogen and oxygen atoms in total. The number of carbonyl (C=O) groups is 1. The summed E-state index contributed by atoms with van der Waals surface area (Å²) in [6, 6.07) is 9.28. The predicted octanol–water partition coefficient (Wildman–Crippen LogP) is 6.50. The fraction of sp³-hybridized carbons (Fsp3) is 0.0500. The van der Waals surface area contributed by atoms with E-state index in [2.05, 4.69) is 63.7 Å². The molecule has 156 valence electrons. The van der Waals surface area contributed by atoms with Crippen molar-refractivity contribution in [3.05, 3.63) is 82.7 Å². The molecule has 0 spiro atoms. The lowest BCUT2D eigenvalue weighted by Crippen LogP contribution is -2.10. The smallest absolute Gasteiger partial charge is 0.295 e. The summed E-state index contributed by atoms with van der Waals surface area (Å²) in [4.78, 5) is 12.0. The van der Waals surface area contributed by atoms with E-state index in [0.717, 1.165) is 0 Å². The molecule has 30 heavy (non-hydrogen) atoms. The Kier molecular flexibility index (Phi) is 6.96. The molecule has 0 bridgehead atoms. The summed E-state index contributed by atoms with van der Waals surface area (Å²) in [5, 5.41) is 10.1. The third-order valence-corrected chi connectivity index (χ3v) is 8.09. The Morgan fingerprint density at radius 3 is 2.13 bits per heavy atom. The average Bonchev–Trinajstić information content (AvgIpc) is 2.68. The second kappa shape index (κ2) is 8.84. The molecule has 0 unspecified atom stereocenters. The van der Waals surface area contributed by atoms with Crippen LogP contribution in [-0.2, 0) is 14.9 Å². The molecule has 2 N–H and O–H groups in total. The van der Waals surface area contributed by atoms with Crippen LogP contribution in [0.15, 0.2) is 76.4 Å². The van der Waals surface area contributed by atoms with Crippen LogP contribution < -0.4 is 0 Å². The van der Waals surface area contributed by atoms with E-state index in [1.54, 1.807) is 37.3 Å². The summed E-state index contributed by atoms with van der Waals surface area (Å²) in [5.41, 5.74) is 2.38. The Labute approximate surface area is 206 Å². The number of phenolic OH excluding ortho intramolecular Hbond substituents is 1. The Bertz CT molecular complexity index is 1270. The quantitative estimate of drug-likeness (QED) is 0.361.